The minimum absolute atomic E-state index is 0.0333. The Morgan fingerprint density at radius 1 is 1.32 bits per heavy atom. The Balaban J connectivity index is 2.34. The molecule has 1 saturated heterocycles. The van der Waals surface area contributed by atoms with Crippen molar-refractivity contribution in [2.75, 3.05) is 20.2 Å². The summed E-state index contributed by atoms with van der Waals surface area (Å²) in [5.41, 5.74) is 0. The first-order chi connectivity index (χ1) is 8.95. The van der Waals surface area contributed by atoms with Crippen LogP contribution in [-0.4, -0.2) is 32.9 Å². The van der Waals surface area contributed by atoms with E-state index < -0.39 is 15.8 Å². The molecule has 0 radical (unpaired) electrons. The molecule has 1 aliphatic rings. The maximum atomic E-state index is 13.1. The molecule has 106 valence electrons. The van der Waals surface area contributed by atoms with Crippen molar-refractivity contribution >= 4 is 10.0 Å². The number of hydrogen-bond acceptors (Lipinski definition) is 3. The molecule has 1 aromatic carbocycles. The lowest BCUT2D eigenvalue weighted by Crippen LogP contribution is -2.38. The van der Waals surface area contributed by atoms with Gasteiger partial charge >= 0.3 is 0 Å². The lowest BCUT2D eigenvalue weighted by atomic mass is 10.0. The summed E-state index contributed by atoms with van der Waals surface area (Å²) in [7, 11) is -2.26. The number of benzene rings is 1. The van der Waals surface area contributed by atoms with Crippen molar-refractivity contribution in [1.29, 1.82) is 0 Å². The Morgan fingerprint density at radius 2 is 1.95 bits per heavy atom. The molecule has 2 rings (SSSR count). The van der Waals surface area contributed by atoms with Crippen LogP contribution in [0.3, 0.4) is 0 Å². The number of ether oxygens (including phenoxy) is 1. The summed E-state index contributed by atoms with van der Waals surface area (Å²) in [6.45, 7) is 3.12. The molecule has 1 aliphatic heterocycles. The van der Waals surface area contributed by atoms with Crippen LogP contribution in [0.5, 0.6) is 5.75 Å². The largest absolute Gasteiger partial charge is 0.495 e. The Labute approximate surface area is 113 Å². The summed E-state index contributed by atoms with van der Waals surface area (Å²) in [5.74, 6) is 0.0863. The van der Waals surface area contributed by atoms with Crippen LogP contribution in [0, 0.1) is 11.7 Å². The predicted molar refractivity (Wildman–Crippen MR) is 70.1 cm³/mol. The van der Waals surface area contributed by atoms with E-state index in [-0.39, 0.29) is 10.6 Å². The second-order valence-electron chi connectivity index (χ2n) is 4.88. The van der Waals surface area contributed by atoms with Crippen LogP contribution >= 0.6 is 0 Å². The van der Waals surface area contributed by atoms with Crippen molar-refractivity contribution in [3.05, 3.63) is 24.0 Å². The fraction of sp³-hybridized carbons (Fsp3) is 0.538. The molecule has 19 heavy (non-hydrogen) atoms. The summed E-state index contributed by atoms with van der Waals surface area (Å²) in [4.78, 5) is 0.0333. The van der Waals surface area contributed by atoms with Gasteiger partial charge in [0.25, 0.3) is 0 Å². The minimum atomic E-state index is -3.60. The van der Waals surface area contributed by atoms with E-state index in [0.29, 0.717) is 19.0 Å². The van der Waals surface area contributed by atoms with Crippen molar-refractivity contribution in [2.24, 2.45) is 5.92 Å². The molecule has 1 aromatic rings. The molecule has 0 saturated carbocycles. The van der Waals surface area contributed by atoms with Gasteiger partial charge in [0.2, 0.25) is 10.0 Å². The van der Waals surface area contributed by atoms with Gasteiger partial charge in [0.1, 0.15) is 16.5 Å². The Bertz CT molecular complexity index is 551. The van der Waals surface area contributed by atoms with Gasteiger partial charge in [-0.2, -0.15) is 4.31 Å². The lowest BCUT2D eigenvalue weighted by molar-refractivity contribution is 0.287. The first kappa shape index (κ1) is 14.3. The minimum Gasteiger partial charge on any atom is -0.495 e. The number of rotatable bonds is 3. The molecular formula is C13H18FNO3S. The van der Waals surface area contributed by atoms with Crippen molar-refractivity contribution < 1.29 is 17.5 Å². The van der Waals surface area contributed by atoms with Crippen LogP contribution in [-0.2, 0) is 10.0 Å². The van der Waals surface area contributed by atoms with E-state index in [2.05, 4.69) is 6.92 Å². The number of methoxy groups -OCH3 is 1. The lowest BCUT2D eigenvalue weighted by Gasteiger charge is -2.29. The third-order valence-electron chi connectivity index (χ3n) is 3.49. The monoisotopic (exact) mass is 287 g/mol. The quantitative estimate of drug-likeness (QED) is 0.856. The van der Waals surface area contributed by atoms with E-state index in [1.165, 1.54) is 17.5 Å². The number of piperidine rings is 1. The van der Waals surface area contributed by atoms with E-state index >= 15 is 0 Å². The first-order valence-corrected chi connectivity index (χ1v) is 7.73. The van der Waals surface area contributed by atoms with Gasteiger partial charge in [0, 0.05) is 19.2 Å². The zero-order valence-electron chi connectivity index (χ0n) is 11.1. The molecule has 0 amide bonds. The van der Waals surface area contributed by atoms with E-state index in [1.807, 2.05) is 0 Å². The SMILES string of the molecule is COc1cc(F)ccc1S(=O)(=O)N1CCC(C)CC1. The molecular weight excluding hydrogens is 269 g/mol. The first-order valence-electron chi connectivity index (χ1n) is 6.29. The molecule has 0 N–H and O–H groups in total. The Morgan fingerprint density at radius 3 is 2.53 bits per heavy atom. The zero-order valence-corrected chi connectivity index (χ0v) is 11.9. The van der Waals surface area contributed by atoms with Gasteiger partial charge in [-0.05, 0) is 30.9 Å². The van der Waals surface area contributed by atoms with Crippen LogP contribution in [0.15, 0.2) is 23.1 Å². The molecule has 0 aromatic heterocycles. The van der Waals surface area contributed by atoms with Gasteiger partial charge in [0.15, 0.2) is 0 Å². The van der Waals surface area contributed by atoms with Gasteiger partial charge in [-0.25, -0.2) is 12.8 Å². The second kappa shape index (κ2) is 5.46. The Kier molecular flexibility index (Phi) is 4.10. The summed E-state index contributed by atoms with van der Waals surface area (Å²) in [6, 6.07) is 3.50. The van der Waals surface area contributed by atoms with E-state index in [4.69, 9.17) is 4.74 Å². The fourth-order valence-electron chi connectivity index (χ4n) is 2.22. The van der Waals surface area contributed by atoms with E-state index in [0.717, 1.165) is 25.0 Å². The van der Waals surface area contributed by atoms with Crippen LogP contribution in [0.1, 0.15) is 19.8 Å². The van der Waals surface area contributed by atoms with Gasteiger partial charge in [-0.15, -0.1) is 0 Å². The van der Waals surface area contributed by atoms with Crippen molar-refractivity contribution in [3.63, 3.8) is 0 Å². The molecule has 4 nitrogen and oxygen atoms in total. The van der Waals surface area contributed by atoms with Crippen molar-refractivity contribution in [2.45, 2.75) is 24.7 Å². The summed E-state index contributed by atoms with van der Waals surface area (Å²) in [5, 5.41) is 0. The van der Waals surface area contributed by atoms with E-state index in [1.54, 1.807) is 0 Å². The number of sulfonamides is 1. The zero-order chi connectivity index (χ0) is 14.0. The average molecular weight is 287 g/mol. The molecule has 1 heterocycles. The topological polar surface area (TPSA) is 46.6 Å². The summed E-state index contributed by atoms with van der Waals surface area (Å²) >= 11 is 0. The third kappa shape index (κ3) is 2.90. The molecule has 0 atom stereocenters. The van der Waals surface area contributed by atoms with Crippen LogP contribution < -0.4 is 4.74 Å². The average Bonchev–Trinajstić information content (AvgIpc) is 2.38. The summed E-state index contributed by atoms with van der Waals surface area (Å²) < 4.78 is 44.6. The predicted octanol–water partition coefficient (Wildman–Crippen LogP) is 2.25. The van der Waals surface area contributed by atoms with Crippen LogP contribution in [0.4, 0.5) is 4.39 Å². The van der Waals surface area contributed by atoms with Crippen molar-refractivity contribution in [3.8, 4) is 5.75 Å². The molecule has 1 fully saturated rings. The Hall–Kier alpha value is -1.14. The molecule has 0 spiro atoms. The normalized spacial score (nSPS) is 18.5. The summed E-state index contributed by atoms with van der Waals surface area (Å²) in [6.07, 6.45) is 1.70. The molecule has 0 bridgehead atoms. The molecule has 0 aliphatic carbocycles. The number of hydrogen-bond donors (Lipinski definition) is 0. The highest BCUT2D eigenvalue weighted by atomic mass is 32.2. The van der Waals surface area contributed by atoms with Gasteiger partial charge in [-0.1, -0.05) is 6.92 Å². The highest BCUT2D eigenvalue weighted by molar-refractivity contribution is 7.89. The highest BCUT2D eigenvalue weighted by Crippen LogP contribution is 2.29. The van der Waals surface area contributed by atoms with Gasteiger partial charge < -0.3 is 4.74 Å². The highest BCUT2D eigenvalue weighted by Gasteiger charge is 2.30. The molecule has 0 unspecified atom stereocenters. The number of nitrogens with zero attached hydrogens (tertiary/aromatic N) is 1. The fourth-order valence-corrected chi connectivity index (χ4v) is 3.83. The van der Waals surface area contributed by atoms with Gasteiger partial charge in [-0.3, -0.25) is 0 Å². The third-order valence-corrected chi connectivity index (χ3v) is 5.42. The van der Waals surface area contributed by atoms with Crippen molar-refractivity contribution in [1.82, 2.24) is 4.31 Å². The van der Waals surface area contributed by atoms with Crippen LogP contribution in [0.25, 0.3) is 0 Å². The maximum absolute atomic E-state index is 13.1. The smallest absolute Gasteiger partial charge is 0.246 e. The van der Waals surface area contributed by atoms with E-state index in [9.17, 15) is 12.8 Å². The standard InChI is InChI=1S/C13H18FNO3S/c1-10-5-7-15(8-6-10)19(16,17)13-4-3-11(14)9-12(13)18-2/h3-4,9-10H,5-8H2,1-2H3. The van der Waals surface area contributed by atoms with Crippen LogP contribution in [0.2, 0.25) is 0 Å². The molecule has 6 heteroatoms. The van der Waals surface area contributed by atoms with Gasteiger partial charge in [0.05, 0.1) is 7.11 Å². The second-order valence-corrected chi connectivity index (χ2v) is 6.79. The number of halogens is 1. The maximum Gasteiger partial charge on any atom is 0.246 e.